The van der Waals surface area contributed by atoms with E-state index in [9.17, 15) is 4.39 Å². The fraction of sp³-hybridized carbons (Fsp3) is 0.389. The first-order valence-corrected chi connectivity index (χ1v) is 9.00. The van der Waals surface area contributed by atoms with Gasteiger partial charge in [-0.3, -0.25) is 5.10 Å². The Balaban J connectivity index is 1.37. The number of alkyl halides is 1. The normalized spacial score (nSPS) is 20.0. The van der Waals surface area contributed by atoms with Crippen LogP contribution in [0.2, 0.25) is 0 Å². The summed E-state index contributed by atoms with van der Waals surface area (Å²) >= 11 is 0. The minimum absolute atomic E-state index is 0.420. The number of nitrogens with one attached hydrogen (secondary N) is 1. The van der Waals surface area contributed by atoms with Gasteiger partial charge in [0.15, 0.2) is 0 Å². The van der Waals surface area contributed by atoms with Crippen LogP contribution in [-0.4, -0.2) is 51.0 Å². The SMILES string of the molecule is F[C@@H]1CCN(c2ccc(-n3cc4c(n3)CN(c3cn[nH]c3)COC4)cn2)C1. The lowest BCUT2D eigenvalue weighted by Gasteiger charge is -2.19. The van der Waals surface area contributed by atoms with E-state index in [1.807, 2.05) is 34.1 Å². The van der Waals surface area contributed by atoms with Crippen molar-refractivity contribution in [3.05, 3.63) is 48.2 Å². The van der Waals surface area contributed by atoms with Gasteiger partial charge in [0, 0.05) is 24.5 Å². The third-order valence-electron chi connectivity index (χ3n) is 5.02. The summed E-state index contributed by atoms with van der Waals surface area (Å²) in [5, 5.41) is 11.6. The van der Waals surface area contributed by atoms with E-state index in [-0.39, 0.29) is 0 Å². The van der Waals surface area contributed by atoms with E-state index in [4.69, 9.17) is 9.84 Å². The van der Waals surface area contributed by atoms with Crippen LogP contribution in [-0.2, 0) is 17.9 Å². The predicted molar refractivity (Wildman–Crippen MR) is 97.5 cm³/mol. The molecule has 3 aromatic heterocycles. The molecule has 3 aromatic rings. The van der Waals surface area contributed by atoms with Gasteiger partial charge in [0.1, 0.15) is 18.7 Å². The molecule has 27 heavy (non-hydrogen) atoms. The highest BCUT2D eigenvalue weighted by Crippen LogP contribution is 2.24. The number of hydrogen-bond donors (Lipinski definition) is 1. The zero-order chi connectivity index (χ0) is 18.2. The third kappa shape index (κ3) is 3.14. The molecule has 1 atom stereocenters. The maximum Gasteiger partial charge on any atom is 0.128 e. The highest BCUT2D eigenvalue weighted by Gasteiger charge is 2.23. The Bertz CT molecular complexity index is 908. The van der Waals surface area contributed by atoms with Crippen molar-refractivity contribution in [2.24, 2.45) is 0 Å². The summed E-state index contributed by atoms with van der Waals surface area (Å²) in [6.07, 6.45) is 7.19. The molecule has 0 saturated carbocycles. The topological polar surface area (TPSA) is 75.1 Å². The molecular formula is C18H20FN7O. The lowest BCUT2D eigenvalue weighted by Crippen LogP contribution is -2.23. The number of rotatable bonds is 3. The molecule has 0 bridgehead atoms. The molecule has 8 nitrogen and oxygen atoms in total. The van der Waals surface area contributed by atoms with Crippen LogP contribution in [0.3, 0.4) is 0 Å². The minimum Gasteiger partial charge on any atom is -0.356 e. The molecule has 9 heteroatoms. The molecule has 1 fully saturated rings. The molecule has 0 spiro atoms. The zero-order valence-corrected chi connectivity index (χ0v) is 14.8. The van der Waals surface area contributed by atoms with Gasteiger partial charge < -0.3 is 14.5 Å². The van der Waals surface area contributed by atoms with E-state index in [1.165, 1.54) is 0 Å². The average Bonchev–Trinajstić information content (AvgIpc) is 3.42. The van der Waals surface area contributed by atoms with Crippen molar-refractivity contribution in [1.29, 1.82) is 0 Å². The van der Waals surface area contributed by atoms with Crippen molar-refractivity contribution in [3.8, 4) is 5.69 Å². The Morgan fingerprint density at radius 2 is 2.15 bits per heavy atom. The zero-order valence-electron chi connectivity index (χ0n) is 14.8. The minimum atomic E-state index is -0.758. The summed E-state index contributed by atoms with van der Waals surface area (Å²) in [5.41, 5.74) is 3.88. The molecule has 0 aliphatic carbocycles. The van der Waals surface area contributed by atoms with Crippen LogP contribution in [0.15, 0.2) is 36.9 Å². The van der Waals surface area contributed by atoms with Crippen LogP contribution >= 0.6 is 0 Å². The van der Waals surface area contributed by atoms with Gasteiger partial charge >= 0.3 is 0 Å². The number of H-pyrrole nitrogens is 1. The number of anilines is 2. The second kappa shape index (κ2) is 6.66. The summed E-state index contributed by atoms with van der Waals surface area (Å²) in [4.78, 5) is 8.55. The summed E-state index contributed by atoms with van der Waals surface area (Å²) in [7, 11) is 0. The second-order valence-electron chi connectivity index (χ2n) is 6.88. The molecule has 2 aliphatic heterocycles. The molecule has 140 valence electrons. The first-order valence-electron chi connectivity index (χ1n) is 9.00. The fourth-order valence-corrected chi connectivity index (χ4v) is 3.53. The van der Waals surface area contributed by atoms with Gasteiger partial charge in [-0.25, -0.2) is 14.1 Å². The lowest BCUT2D eigenvalue weighted by molar-refractivity contribution is 0.126. The average molecular weight is 369 g/mol. The largest absolute Gasteiger partial charge is 0.356 e. The van der Waals surface area contributed by atoms with Crippen molar-refractivity contribution in [2.45, 2.75) is 25.7 Å². The number of ether oxygens (including phenoxy) is 1. The maximum atomic E-state index is 13.4. The van der Waals surface area contributed by atoms with Crippen molar-refractivity contribution in [3.63, 3.8) is 0 Å². The molecule has 1 N–H and O–H groups in total. The lowest BCUT2D eigenvalue weighted by atomic mass is 10.2. The molecule has 0 aromatic carbocycles. The van der Waals surface area contributed by atoms with Gasteiger partial charge in [-0.2, -0.15) is 10.2 Å². The van der Waals surface area contributed by atoms with Gasteiger partial charge in [0.25, 0.3) is 0 Å². The number of halogens is 1. The fourth-order valence-electron chi connectivity index (χ4n) is 3.53. The predicted octanol–water partition coefficient (Wildman–Crippen LogP) is 2.03. The Hall–Kier alpha value is -2.94. The molecule has 1 saturated heterocycles. The first kappa shape index (κ1) is 16.2. The van der Waals surface area contributed by atoms with Crippen molar-refractivity contribution in [2.75, 3.05) is 29.6 Å². The molecule has 5 heterocycles. The Morgan fingerprint density at radius 3 is 2.89 bits per heavy atom. The van der Waals surface area contributed by atoms with Crippen molar-refractivity contribution in [1.82, 2.24) is 25.0 Å². The van der Waals surface area contributed by atoms with Crippen LogP contribution in [0.25, 0.3) is 5.69 Å². The molecule has 2 aliphatic rings. The van der Waals surface area contributed by atoms with E-state index < -0.39 is 6.17 Å². The molecule has 5 rings (SSSR count). The number of pyridine rings is 1. The van der Waals surface area contributed by atoms with Crippen LogP contribution in [0.1, 0.15) is 17.7 Å². The number of nitrogens with zero attached hydrogens (tertiary/aromatic N) is 6. The summed E-state index contributed by atoms with van der Waals surface area (Å²) in [6, 6.07) is 3.89. The van der Waals surface area contributed by atoms with Crippen LogP contribution in [0.4, 0.5) is 15.9 Å². The van der Waals surface area contributed by atoms with E-state index in [0.717, 1.165) is 28.5 Å². The van der Waals surface area contributed by atoms with E-state index in [2.05, 4.69) is 20.1 Å². The summed E-state index contributed by atoms with van der Waals surface area (Å²) in [5.74, 6) is 0.807. The number of fused-ring (bicyclic) bond motifs is 1. The van der Waals surface area contributed by atoms with Gasteiger partial charge in [-0.1, -0.05) is 0 Å². The van der Waals surface area contributed by atoms with Crippen molar-refractivity contribution >= 4 is 11.5 Å². The number of aromatic amines is 1. The number of hydrogen-bond acceptors (Lipinski definition) is 6. The second-order valence-corrected chi connectivity index (χ2v) is 6.88. The number of aromatic nitrogens is 5. The Kier molecular flexibility index (Phi) is 4.01. The summed E-state index contributed by atoms with van der Waals surface area (Å²) < 4.78 is 21.0. The van der Waals surface area contributed by atoms with Crippen LogP contribution in [0, 0.1) is 0 Å². The van der Waals surface area contributed by atoms with Gasteiger partial charge in [0.05, 0.1) is 49.2 Å². The highest BCUT2D eigenvalue weighted by molar-refractivity contribution is 5.45. The smallest absolute Gasteiger partial charge is 0.128 e. The van der Waals surface area contributed by atoms with Gasteiger partial charge in [0.2, 0.25) is 0 Å². The van der Waals surface area contributed by atoms with Gasteiger partial charge in [-0.05, 0) is 18.6 Å². The Labute approximate surface area is 155 Å². The standard InChI is InChI=1S/C18H20FN7O/c19-14-3-4-24(9-14)18-2-1-15(5-20-18)26-8-13-11-27-12-25(10-17(13)23-26)16-6-21-22-7-16/h1-2,5-8,14H,3-4,9-12H2,(H,21,22)/t14-/m1/s1. The molecule has 0 amide bonds. The van der Waals surface area contributed by atoms with Crippen molar-refractivity contribution < 1.29 is 9.13 Å². The Morgan fingerprint density at radius 1 is 1.19 bits per heavy atom. The quantitative estimate of drug-likeness (QED) is 0.761. The molecule has 0 unspecified atom stereocenters. The van der Waals surface area contributed by atoms with Crippen LogP contribution in [0.5, 0.6) is 0 Å². The first-order chi connectivity index (χ1) is 13.3. The maximum absolute atomic E-state index is 13.4. The third-order valence-corrected chi connectivity index (χ3v) is 5.02. The monoisotopic (exact) mass is 369 g/mol. The van der Waals surface area contributed by atoms with Crippen LogP contribution < -0.4 is 9.80 Å². The van der Waals surface area contributed by atoms with E-state index in [0.29, 0.717) is 39.4 Å². The molecular weight excluding hydrogens is 349 g/mol. The summed E-state index contributed by atoms with van der Waals surface area (Å²) in [6.45, 7) is 2.80. The van der Waals surface area contributed by atoms with Gasteiger partial charge in [-0.15, -0.1) is 0 Å². The van der Waals surface area contributed by atoms with E-state index in [1.54, 1.807) is 12.4 Å². The highest BCUT2D eigenvalue weighted by atomic mass is 19.1. The van der Waals surface area contributed by atoms with E-state index >= 15 is 0 Å². The molecule has 0 radical (unpaired) electrons.